The van der Waals surface area contributed by atoms with Crippen molar-refractivity contribution in [2.24, 2.45) is 5.92 Å². The van der Waals surface area contributed by atoms with Crippen LogP contribution < -0.4 is 10.6 Å². The fourth-order valence-corrected chi connectivity index (χ4v) is 1.48. The summed E-state index contributed by atoms with van der Waals surface area (Å²) >= 11 is 5.95. The lowest BCUT2D eigenvalue weighted by Gasteiger charge is -2.11. The number of rotatable bonds is 4. The molecular weight excluding hydrogens is 252 g/mol. The lowest BCUT2D eigenvalue weighted by Crippen LogP contribution is -2.35. The normalized spacial score (nSPS) is 10.3. The molecule has 2 N–H and O–H groups in total. The zero-order valence-corrected chi connectivity index (χ0v) is 11.5. The molecule has 0 saturated carbocycles. The third-order valence-electron chi connectivity index (χ3n) is 2.49. The molecule has 0 atom stereocenters. The summed E-state index contributed by atoms with van der Waals surface area (Å²) in [6.45, 7) is 5.33. The van der Waals surface area contributed by atoms with Crippen molar-refractivity contribution in [1.29, 1.82) is 0 Å². The second kappa shape index (κ2) is 6.40. The van der Waals surface area contributed by atoms with Crippen LogP contribution in [0.4, 0.5) is 5.69 Å². The van der Waals surface area contributed by atoms with Crippen LogP contribution in [-0.2, 0) is 9.59 Å². The number of amides is 2. The topological polar surface area (TPSA) is 58.2 Å². The van der Waals surface area contributed by atoms with Gasteiger partial charge in [0.25, 0.3) is 0 Å². The number of anilines is 1. The number of hydrogen-bond donors (Lipinski definition) is 2. The van der Waals surface area contributed by atoms with E-state index >= 15 is 0 Å². The molecule has 0 aliphatic rings. The minimum Gasteiger partial charge on any atom is -0.347 e. The third kappa shape index (κ3) is 4.04. The molecule has 1 rings (SSSR count). The van der Waals surface area contributed by atoms with Crippen molar-refractivity contribution in [2.75, 3.05) is 11.9 Å². The summed E-state index contributed by atoms with van der Waals surface area (Å²) in [5.41, 5.74) is 1.47. The lowest BCUT2D eigenvalue weighted by atomic mass is 10.2. The SMILES string of the molecule is Cc1c(Cl)cccc1NC(=O)CNC(=O)C(C)C. The fraction of sp³-hybridized carbons (Fsp3) is 0.385. The molecule has 0 aromatic heterocycles. The quantitative estimate of drug-likeness (QED) is 0.881. The number of nitrogens with one attached hydrogen (secondary N) is 2. The molecule has 1 aromatic rings. The van der Waals surface area contributed by atoms with Gasteiger partial charge in [-0.3, -0.25) is 9.59 Å². The van der Waals surface area contributed by atoms with E-state index in [4.69, 9.17) is 11.6 Å². The van der Waals surface area contributed by atoms with Gasteiger partial charge in [0.1, 0.15) is 0 Å². The van der Waals surface area contributed by atoms with E-state index in [0.29, 0.717) is 10.7 Å². The lowest BCUT2D eigenvalue weighted by molar-refractivity contribution is -0.126. The summed E-state index contributed by atoms with van der Waals surface area (Å²) in [6, 6.07) is 5.29. The average molecular weight is 269 g/mol. The Hall–Kier alpha value is -1.55. The second-order valence-corrected chi connectivity index (χ2v) is 4.74. The fourth-order valence-electron chi connectivity index (χ4n) is 1.31. The zero-order chi connectivity index (χ0) is 13.7. The first-order chi connectivity index (χ1) is 8.41. The summed E-state index contributed by atoms with van der Waals surface area (Å²) in [4.78, 5) is 22.9. The molecule has 0 heterocycles. The summed E-state index contributed by atoms with van der Waals surface area (Å²) in [5, 5.41) is 5.86. The monoisotopic (exact) mass is 268 g/mol. The maximum absolute atomic E-state index is 11.6. The minimum atomic E-state index is -0.269. The van der Waals surface area contributed by atoms with Crippen molar-refractivity contribution in [1.82, 2.24) is 5.32 Å². The molecule has 2 amide bonds. The number of hydrogen-bond acceptors (Lipinski definition) is 2. The van der Waals surface area contributed by atoms with Crippen molar-refractivity contribution in [3.05, 3.63) is 28.8 Å². The van der Waals surface area contributed by atoms with E-state index < -0.39 is 0 Å². The smallest absolute Gasteiger partial charge is 0.243 e. The van der Waals surface area contributed by atoms with E-state index in [9.17, 15) is 9.59 Å². The van der Waals surface area contributed by atoms with E-state index in [1.807, 2.05) is 6.92 Å². The van der Waals surface area contributed by atoms with E-state index in [1.165, 1.54) is 0 Å². The molecule has 0 fully saturated rings. The molecule has 0 bridgehead atoms. The predicted molar refractivity (Wildman–Crippen MR) is 72.7 cm³/mol. The summed E-state index contributed by atoms with van der Waals surface area (Å²) in [6.07, 6.45) is 0. The van der Waals surface area contributed by atoms with Crippen LogP contribution in [0, 0.1) is 12.8 Å². The maximum Gasteiger partial charge on any atom is 0.243 e. The molecule has 18 heavy (non-hydrogen) atoms. The van der Waals surface area contributed by atoms with E-state index in [2.05, 4.69) is 10.6 Å². The molecule has 4 nitrogen and oxygen atoms in total. The highest BCUT2D eigenvalue weighted by molar-refractivity contribution is 6.31. The predicted octanol–water partition coefficient (Wildman–Crippen LogP) is 2.36. The first-order valence-electron chi connectivity index (χ1n) is 5.74. The van der Waals surface area contributed by atoms with Crippen LogP contribution in [0.15, 0.2) is 18.2 Å². The van der Waals surface area contributed by atoms with Gasteiger partial charge in [-0.1, -0.05) is 31.5 Å². The Bertz CT molecular complexity index is 458. The Balaban J connectivity index is 2.55. The van der Waals surface area contributed by atoms with Crippen LogP contribution in [0.3, 0.4) is 0 Å². The Labute approximate surface area is 112 Å². The van der Waals surface area contributed by atoms with Gasteiger partial charge in [0.15, 0.2) is 0 Å². The highest BCUT2D eigenvalue weighted by Crippen LogP contribution is 2.22. The molecule has 0 saturated heterocycles. The molecule has 1 aromatic carbocycles. The van der Waals surface area contributed by atoms with Crippen molar-refractivity contribution >= 4 is 29.1 Å². The van der Waals surface area contributed by atoms with Gasteiger partial charge in [0, 0.05) is 16.6 Å². The second-order valence-electron chi connectivity index (χ2n) is 4.33. The largest absolute Gasteiger partial charge is 0.347 e. The number of carbonyl (C=O) groups is 2. The van der Waals surface area contributed by atoms with Gasteiger partial charge in [-0.05, 0) is 24.6 Å². The molecule has 0 unspecified atom stereocenters. The summed E-state index contributed by atoms with van der Waals surface area (Å²) in [7, 11) is 0. The van der Waals surface area contributed by atoms with Gasteiger partial charge in [0.05, 0.1) is 6.54 Å². The maximum atomic E-state index is 11.6. The molecular formula is C13H17ClN2O2. The molecule has 0 aliphatic carbocycles. The van der Waals surface area contributed by atoms with Gasteiger partial charge in [-0.25, -0.2) is 0 Å². The van der Waals surface area contributed by atoms with Gasteiger partial charge in [0.2, 0.25) is 11.8 Å². The van der Waals surface area contributed by atoms with Gasteiger partial charge >= 0.3 is 0 Å². The number of benzene rings is 1. The van der Waals surface area contributed by atoms with Crippen LogP contribution in [-0.4, -0.2) is 18.4 Å². The number of carbonyl (C=O) groups excluding carboxylic acids is 2. The van der Waals surface area contributed by atoms with Crippen molar-refractivity contribution in [3.8, 4) is 0 Å². The van der Waals surface area contributed by atoms with Gasteiger partial charge in [-0.2, -0.15) is 0 Å². The van der Waals surface area contributed by atoms with Crippen molar-refractivity contribution < 1.29 is 9.59 Å². The molecule has 0 aliphatic heterocycles. The Morgan fingerprint density at radius 1 is 1.33 bits per heavy atom. The first kappa shape index (κ1) is 14.5. The molecule has 0 spiro atoms. The van der Waals surface area contributed by atoms with Crippen LogP contribution in [0.25, 0.3) is 0 Å². The van der Waals surface area contributed by atoms with Crippen LogP contribution in [0.1, 0.15) is 19.4 Å². The Morgan fingerprint density at radius 2 is 2.00 bits per heavy atom. The van der Waals surface area contributed by atoms with E-state index in [-0.39, 0.29) is 24.3 Å². The van der Waals surface area contributed by atoms with Gasteiger partial charge in [-0.15, -0.1) is 0 Å². The molecule has 5 heteroatoms. The van der Waals surface area contributed by atoms with Crippen LogP contribution in [0.5, 0.6) is 0 Å². The molecule has 0 radical (unpaired) electrons. The van der Waals surface area contributed by atoms with Crippen LogP contribution >= 0.6 is 11.6 Å². The Kier molecular flexibility index (Phi) is 5.16. The van der Waals surface area contributed by atoms with Crippen molar-refractivity contribution in [2.45, 2.75) is 20.8 Å². The van der Waals surface area contributed by atoms with Gasteiger partial charge < -0.3 is 10.6 Å². The average Bonchev–Trinajstić information content (AvgIpc) is 2.32. The number of halogens is 1. The first-order valence-corrected chi connectivity index (χ1v) is 6.12. The van der Waals surface area contributed by atoms with Crippen LogP contribution in [0.2, 0.25) is 5.02 Å². The van der Waals surface area contributed by atoms with Crippen molar-refractivity contribution in [3.63, 3.8) is 0 Å². The standard InChI is InChI=1S/C13H17ClN2O2/c1-8(2)13(18)15-7-12(17)16-11-6-4-5-10(14)9(11)3/h4-6,8H,7H2,1-3H3,(H,15,18)(H,16,17). The molecule has 98 valence electrons. The highest BCUT2D eigenvalue weighted by atomic mass is 35.5. The Morgan fingerprint density at radius 3 is 2.61 bits per heavy atom. The van der Waals surface area contributed by atoms with E-state index in [0.717, 1.165) is 5.56 Å². The van der Waals surface area contributed by atoms with E-state index in [1.54, 1.807) is 32.0 Å². The zero-order valence-electron chi connectivity index (χ0n) is 10.7. The minimum absolute atomic E-state index is 0.0387. The summed E-state index contributed by atoms with van der Waals surface area (Å²) < 4.78 is 0. The summed E-state index contributed by atoms with van der Waals surface area (Å²) in [5.74, 6) is -0.548. The highest BCUT2D eigenvalue weighted by Gasteiger charge is 2.10. The third-order valence-corrected chi connectivity index (χ3v) is 2.90.